The van der Waals surface area contributed by atoms with Crippen LogP contribution in [0.3, 0.4) is 0 Å². The zero-order chi connectivity index (χ0) is 13.9. The second-order valence-corrected chi connectivity index (χ2v) is 3.04. The molecule has 0 aromatic heterocycles. The molecule has 1 N–H and O–H groups in total. The molecular weight excluding hydrogens is 216 g/mol. The van der Waals surface area contributed by atoms with Crippen LogP contribution in [0.5, 0.6) is 0 Å². The highest BCUT2D eigenvalue weighted by molar-refractivity contribution is 5.81. The third kappa shape index (κ3) is 31.3. The molecule has 4 nitrogen and oxygen atoms in total. The molecule has 0 fully saturated rings. The summed E-state index contributed by atoms with van der Waals surface area (Å²) in [4.78, 5) is 13.7. The van der Waals surface area contributed by atoms with Crippen molar-refractivity contribution in [2.75, 3.05) is 26.7 Å². The smallest absolute Gasteiger partial charge is 0.293 e. The van der Waals surface area contributed by atoms with E-state index in [9.17, 15) is 4.79 Å². The Morgan fingerprint density at radius 1 is 1.35 bits per heavy atom. The molecule has 0 saturated carbocycles. The summed E-state index contributed by atoms with van der Waals surface area (Å²) in [5, 5.41) is 2.82. The van der Waals surface area contributed by atoms with Crippen molar-refractivity contribution < 1.29 is 9.53 Å². The molecular formula is C13H30N2O2. The lowest BCUT2D eigenvalue weighted by Crippen LogP contribution is -2.13. The molecule has 0 spiro atoms. The van der Waals surface area contributed by atoms with Crippen LogP contribution in [0.25, 0.3) is 0 Å². The summed E-state index contributed by atoms with van der Waals surface area (Å²) in [7, 11) is 1.80. The minimum absolute atomic E-state index is 0.442. The number of carbonyl (C=O) groups excluding carboxylic acids is 1. The third-order valence-corrected chi connectivity index (χ3v) is 1.65. The Hall–Kier alpha value is -0.900. The first-order valence-electron chi connectivity index (χ1n) is 6.42. The van der Waals surface area contributed by atoms with Crippen LogP contribution in [0, 0.1) is 0 Å². The lowest BCUT2D eigenvalue weighted by atomic mass is 10.3. The monoisotopic (exact) mass is 246 g/mol. The maximum atomic E-state index is 9.43. The average Bonchev–Trinajstić information content (AvgIpc) is 2.39. The molecule has 4 heteroatoms. The Bertz CT molecular complexity index is 159. The summed E-state index contributed by atoms with van der Waals surface area (Å²) < 4.78 is 4.33. The minimum Gasteiger partial charge on any atom is -0.467 e. The highest BCUT2D eigenvalue weighted by Gasteiger charge is 1.80. The molecule has 0 aromatic rings. The van der Waals surface area contributed by atoms with Crippen LogP contribution in [-0.2, 0) is 9.53 Å². The number of rotatable bonds is 7. The number of nitrogens with zero attached hydrogens (tertiary/aromatic N) is 1. The summed E-state index contributed by atoms with van der Waals surface area (Å²) in [6.45, 7) is 13.0. The number of hydrogen-bond acceptors (Lipinski definition) is 4. The van der Waals surface area contributed by atoms with Crippen molar-refractivity contribution >= 4 is 12.2 Å². The van der Waals surface area contributed by atoms with Gasteiger partial charge in [0.05, 0.1) is 0 Å². The van der Waals surface area contributed by atoms with Crippen LogP contribution < -0.4 is 5.32 Å². The number of ether oxygens (including phenoxy) is 1. The van der Waals surface area contributed by atoms with Gasteiger partial charge in [-0.05, 0) is 26.8 Å². The molecule has 0 aliphatic rings. The minimum atomic E-state index is 0.442. The van der Waals surface area contributed by atoms with E-state index in [0.717, 1.165) is 25.9 Å². The molecule has 0 aliphatic carbocycles. The number of likely N-dealkylation sites (N-methyl/N-ethyl adjacent to an activating group) is 1. The van der Waals surface area contributed by atoms with Gasteiger partial charge in [0, 0.05) is 18.8 Å². The first kappa shape index (κ1) is 21.4. The number of hydrogen-bond donors (Lipinski definition) is 1. The van der Waals surface area contributed by atoms with Crippen LogP contribution in [0.15, 0.2) is 4.99 Å². The van der Waals surface area contributed by atoms with E-state index in [0.29, 0.717) is 13.1 Å². The fraction of sp³-hybridized carbons (Fsp3) is 0.846. The van der Waals surface area contributed by atoms with E-state index in [-0.39, 0.29) is 0 Å². The quantitative estimate of drug-likeness (QED) is 0.427. The van der Waals surface area contributed by atoms with Gasteiger partial charge in [0.25, 0.3) is 6.47 Å². The third-order valence-electron chi connectivity index (χ3n) is 1.65. The van der Waals surface area contributed by atoms with Crippen LogP contribution in [0.4, 0.5) is 0 Å². The van der Waals surface area contributed by atoms with Gasteiger partial charge in [-0.15, -0.1) is 0 Å². The zero-order valence-corrected chi connectivity index (χ0v) is 12.4. The summed E-state index contributed by atoms with van der Waals surface area (Å²) >= 11 is 0. The van der Waals surface area contributed by atoms with E-state index in [1.807, 2.05) is 13.8 Å². The Morgan fingerprint density at radius 3 is 2.29 bits per heavy atom. The molecule has 17 heavy (non-hydrogen) atoms. The van der Waals surface area contributed by atoms with Crippen LogP contribution in [0.1, 0.15) is 47.5 Å². The van der Waals surface area contributed by atoms with Crippen LogP contribution >= 0.6 is 0 Å². The fourth-order valence-electron chi connectivity index (χ4n) is 0.624. The molecule has 0 heterocycles. The van der Waals surface area contributed by atoms with Crippen molar-refractivity contribution in [2.24, 2.45) is 4.99 Å². The predicted molar refractivity (Wildman–Crippen MR) is 75.8 cm³/mol. The molecule has 0 radical (unpaired) electrons. The van der Waals surface area contributed by atoms with Crippen LogP contribution in [0.2, 0.25) is 0 Å². The van der Waals surface area contributed by atoms with Gasteiger partial charge in [-0.3, -0.25) is 9.79 Å². The van der Waals surface area contributed by atoms with E-state index in [1.165, 1.54) is 5.71 Å². The average molecular weight is 246 g/mol. The molecule has 0 rings (SSSR count). The van der Waals surface area contributed by atoms with Crippen molar-refractivity contribution in [3.63, 3.8) is 0 Å². The van der Waals surface area contributed by atoms with E-state index >= 15 is 0 Å². The van der Waals surface area contributed by atoms with Gasteiger partial charge in [-0.25, -0.2) is 0 Å². The molecule has 0 aromatic carbocycles. The largest absolute Gasteiger partial charge is 0.467 e. The van der Waals surface area contributed by atoms with Crippen molar-refractivity contribution in [1.82, 2.24) is 5.32 Å². The molecule has 0 atom stereocenters. The Balaban J connectivity index is -0.000000202. The zero-order valence-electron chi connectivity index (χ0n) is 12.4. The SMILES string of the molecule is CC.CCCN=C(C)CC.CNCCOC=O. The summed E-state index contributed by atoms with van der Waals surface area (Å²) in [6.07, 6.45) is 2.26. The second-order valence-electron chi connectivity index (χ2n) is 3.04. The molecule has 0 unspecified atom stereocenters. The van der Waals surface area contributed by atoms with E-state index < -0.39 is 0 Å². The predicted octanol–water partition coefficient (Wildman–Crippen LogP) is 2.67. The van der Waals surface area contributed by atoms with Crippen molar-refractivity contribution in [3.8, 4) is 0 Å². The van der Waals surface area contributed by atoms with Gasteiger partial charge >= 0.3 is 0 Å². The van der Waals surface area contributed by atoms with Gasteiger partial charge in [0.15, 0.2) is 0 Å². The highest BCUT2D eigenvalue weighted by Crippen LogP contribution is 1.85. The fourth-order valence-corrected chi connectivity index (χ4v) is 0.624. The van der Waals surface area contributed by atoms with Gasteiger partial charge < -0.3 is 10.1 Å². The molecule has 104 valence electrons. The number of nitrogens with one attached hydrogen (secondary N) is 1. The van der Waals surface area contributed by atoms with Crippen molar-refractivity contribution in [3.05, 3.63) is 0 Å². The van der Waals surface area contributed by atoms with Gasteiger partial charge in [0.2, 0.25) is 0 Å². The molecule has 0 bridgehead atoms. The summed E-state index contributed by atoms with van der Waals surface area (Å²) in [5.41, 5.74) is 1.27. The normalized spacial score (nSPS) is 9.41. The Morgan fingerprint density at radius 2 is 1.94 bits per heavy atom. The van der Waals surface area contributed by atoms with Gasteiger partial charge in [0.1, 0.15) is 6.61 Å². The number of aliphatic imine (C=N–C) groups is 1. The van der Waals surface area contributed by atoms with Crippen molar-refractivity contribution in [2.45, 2.75) is 47.5 Å². The summed E-state index contributed by atoms with van der Waals surface area (Å²) in [5.74, 6) is 0. The molecule has 0 aliphatic heterocycles. The highest BCUT2D eigenvalue weighted by atomic mass is 16.5. The molecule has 0 amide bonds. The molecule has 0 saturated heterocycles. The maximum absolute atomic E-state index is 9.43. The lowest BCUT2D eigenvalue weighted by molar-refractivity contribution is -0.128. The van der Waals surface area contributed by atoms with E-state index in [2.05, 4.69) is 35.8 Å². The first-order valence-corrected chi connectivity index (χ1v) is 6.42. The van der Waals surface area contributed by atoms with E-state index in [4.69, 9.17) is 0 Å². The van der Waals surface area contributed by atoms with Gasteiger partial charge in [-0.1, -0.05) is 27.7 Å². The first-order chi connectivity index (χ1) is 8.22. The lowest BCUT2D eigenvalue weighted by Gasteiger charge is -1.93. The van der Waals surface area contributed by atoms with Crippen LogP contribution in [-0.4, -0.2) is 38.9 Å². The maximum Gasteiger partial charge on any atom is 0.293 e. The van der Waals surface area contributed by atoms with Gasteiger partial charge in [-0.2, -0.15) is 0 Å². The second kappa shape index (κ2) is 24.4. The standard InChI is InChI=1S/C7H15N.C4H9NO2.C2H6/c1-4-6-8-7(3)5-2;1-5-2-3-7-4-6;1-2/h4-6H2,1-3H3;4-5H,2-3H2,1H3;1-2H3. The van der Waals surface area contributed by atoms with Crippen molar-refractivity contribution in [1.29, 1.82) is 0 Å². The Labute approximate surface area is 107 Å². The Kier molecular flexibility index (Phi) is 30.7. The number of carbonyl (C=O) groups is 1. The summed E-state index contributed by atoms with van der Waals surface area (Å²) in [6, 6.07) is 0. The topological polar surface area (TPSA) is 50.7 Å². The van der Waals surface area contributed by atoms with E-state index in [1.54, 1.807) is 7.05 Å².